The van der Waals surface area contributed by atoms with Gasteiger partial charge in [-0.3, -0.25) is 4.90 Å². The molecule has 0 radical (unpaired) electrons. The van der Waals surface area contributed by atoms with Crippen LogP contribution < -0.4 is 0 Å². The molecule has 3 aromatic rings. The highest BCUT2D eigenvalue weighted by Crippen LogP contribution is 2.22. The highest BCUT2D eigenvalue weighted by molar-refractivity contribution is 5.55. The standard InChI is InChI=1S/C26H35N3O/c1-3-5-16-28(19-22-12-14-23(21-30)15-13-22)20-25-18-27-26(29(25)17-6-4-2)24-10-8-7-9-11-24/h7-15,18,30H,3-6,16-17,19-21H2,1-2H3. The van der Waals surface area contributed by atoms with E-state index in [9.17, 15) is 5.11 Å². The summed E-state index contributed by atoms with van der Waals surface area (Å²) in [5.74, 6) is 1.07. The van der Waals surface area contributed by atoms with Gasteiger partial charge in [0.15, 0.2) is 0 Å². The zero-order valence-electron chi connectivity index (χ0n) is 18.4. The van der Waals surface area contributed by atoms with Crippen molar-refractivity contribution in [3.8, 4) is 11.4 Å². The van der Waals surface area contributed by atoms with Crippen LogP contribution in [0.5, 0.6) is 0 Å². The van der Waals surface area contributed by atoms with Gasteiger partial charge in [-0.15, -0.1) is 0 Å². The molecule has 0 atom stereocenters. The summed E-state index contributed by atoms with van der Waals surface area (Å²) in [5, 5.41) is 9.30. The van der Waals surface area contributed by atoms with Gasteiger partial charge in [-0.25, -0.2) is 4.98 Å². The van der Waals surface area contributed by atoms with Gasteiger partial charge >= 0.3 is 0 Å². The molecule has 2 aromatic carbocycles. The lowest BCUT2D eigenvalue weighted by Crippen LogP contribution is -2.25. The molecule has 0 bridgehead atoms. The molecule has 3 rings (SSSR count). The van der Waals surface area contributed by atoms with Crippen molar-refractivity contribution in [3.05, 3.63) is 77.6 Å². The molecule has 160 valence electrons. The summed E-state index contributed by atoms with van der Waals surface area (Å²) in [4.78, 5) is 7.33. The Labute approximate surface area is 181 Å². The molecule has 0 unspecified atom stereocenters. The topological polar surface area (TPSA) is 41.3 Å². The van der Waals surface area contributed by atoms with Gasteiger partial charge in [-0.1, -0.05) is 81.3 Å². The molecule has 0 saturated carbocycles. The Kier molecular flexibility index (Phi) is 8.66. The molecular weight excluding hydrogens is 370 g/mol. The third kappa shape index (κ3) is 6.04. The van der Waals surface area contributed by atoms with E-state index in [1.54, 1.807) is 0 Å². The van der Waals surface area contributed by atoms with E-state index in [1.807, 2.05) is 12.1 Å². The van der Waals surface area contributed by atoms with E-state index in [4.69, 9.17) is 4.98 Å². The van der Waals surface area contributed by atoms with Gasteiger partial charge in [0.25, 0.3) is 0 Å². The van der Waals surface area contributed by atoms with Crippen LogP contribution in [-0.4, -0.2) is 26.1 Å². The quantitative estimate of drug-likeness (QED) is 0.424. The van der Waals surface area contributed by atoms with Gasteiger partial charge in [0.05, 0.1) is 18.5 Å². The first-order chi connectivity index (χ1) is 14.7. The van der Waals surface area contributed by atoms with Crippen LogP contribution in [0.2, 0.25) is 0 Å². The third-order valence-corrected chi connectivity index (χ3v) is 5.53. The SMILES string of the molecule is CCCCN(Cc1ccc(CO)cc1)Cc1cnc(-c2ccccc2)n1CCCC. The number of aliphatic hydroxyl groups is 1. The third-order valence-electron chi connectivity index (χ3n) is 5.53. The Bertz CT molecular complexity index is 871. The van der Waals surface area contributed by atoms with E-state index in [0.717, 1.165) is 44.0 Å². The molecule has 0 amide bonds. The lowest BCUT2D eigenvalue weighted by Gasteiger charge is -2.23. The summed E-state index contributed by atoms with van der Waals surface area (Å²) in [6.45, 7) is 8.45. The van der Waals surface area contributed by atoms with E-state index in [-0.39, 0.29) is 6.61 Å². The highest BCUT2D eigenvalue weighted by atomic mass is 16.3. The first kappa shape index (κ1) is 22.3. The summed E-state index contributed by atoms with van der Waals surface area (Å²) < 4.78 is 2.41. The Hall–Kier alpha value is -2.43. The average Bonchev–Trinajstić information content (AvgIpc) is 3.19. The molecule has 0 saturated heterocycles. The number of imidazole rings is 1. The second-order valence-electron chi connectivity index (χ2n) is 7.98. The summed E-state index contributed by atoms with van der Waals surface area (Å²) in [6, 6.07) is 18.8. The molecular formula is C26H35N3O. The predicted molar refractivity (Wildman–Crippen MR) is 124 cm³/mol. The van der Waals surface area contributed by atoms with Crippen LogP contribution in [0.15, 0.2) is 60.8 Å². The number of nitrogens with zero attached hydrogens (tertiary/aromatic N) is 3. The van der Waals surface area contributed by atoms with E-state index < -0.39 is 0 Å². The minimum atomic E-state index is 0.0959. The van der Waals surface area contributed by atoms with Crippen molar-refractivity contribution < 1.29 is 5.11 Å². The maximum atomic E-state index is 9.30. The van der Waals surface area contributed by atoms with Crippen LogP contribution in [-0.2, 0) is 26.2 Å². The van der Waals surface area contributed by atoms with Crippen LogP contribution in [0.25, 0.3) is 11.4 Å². The summed E-state index contributed by atoms with van der Waals surface area (Å²) in [5.41, 5.74) is 4.71. The van der Waals surface area contributed by atoms with E-state index in [2.05, 4.69) is 72.0 Å². The molecule has 1 aromatic heterocycles. The summed E-state index contributed by atoms with van der Waals surface area (Å²) in [6.07, 6.45) is 6.75. The van der Waals surface area contributed by atoms with Crippen LogP contribution in [0, 0.1) is 0 Å². The Morgan fingerprint density at radius 2 is 1.57 bits per heavy atom. The van der Waals surface area contributed by atoms with Gasteiger partial charge in [0.1, 0.15) is 5.82 Å². The molecule has 0 aliphatic rings. The van der Waals surface area contributed by atoms with Gasteiger partial charge in [-0.05, 0) is 30.5 Å². The number of hydrogen-bond donors (Lipinski definition) is 1. The van der Waals surface area contributed by atoms with Gasteiger partial charge in [0, 0.05) is 25.2 Å². The maximum absolute atomic E-state index is 9.30. The van der Waals surface area contributed by atoms with Crippen molar-refractivity contribution in [1.82, 2.24) is 14.5 Å². The maximum Gasteiger partial charge on any atom is 0.140 e. The lowest BCUT2D eigenvalue weighted by molar-refractivity contribution is 0.246. The molecule has 4 heteroatoms. The van der Waals surface area contributed by atoms with Gasteiger partial charge in [-0.2, -0.15) is 0 Å². The Morgan fingerprint density at radius 1 is 0.867 bits per heavy atom. The van der Waals surface area contributed by atoms with Crippen LogP contribution in [0.3, 0.4) is 0 Å². The second kappa shape index (κ2) is 11.7. The van der Waals surface area contributed by atoms with Crippen molar-refractivity contribution in [2.75, 3.05) is 6.54 Å². The molecule has 0 spiro atoms. The number of aromatic nitrogens is 2. The van der Waals surface area contributed by atoms with Crippen molar-refractivity contribution in [2.45, 2.75) is 65.8 Å². The summed E-state index contributed by atoms with van der Waals surface area (Å²) in [7, 11) is 0. The smallest absolute Gasteiger partial charge is 0.140 e. The first-order valence-electron chi connectivity index (χ1n) is 11.3. The minimum Gasteiger partial charge on any atom is -0.392 e. The van der Waals surface area contributed by atoms with Crippen LogP contribution >= 0.6 is 0 Å². The highest BCUT2D eigenvalue weighted by Gasteiger charge is 2.15. The number of unbranched alkanes of at least 4 members (excludes halogenated alkanes) is 2. The molecule has 1 heterocycles. The van der Waals surface area contributed by atoms with E-state index >= 15 is 0 Å². The average molecular weight is 406 g/mol. The van der Waals surface area contributed by atoms with Crippen LogP contribution in [0.1, 0.15) is 56.4 Å². The molecule has 0 fully saturated rings. The van der Waals surface area contributed by atoms with Gasteiger partial charge in [0.2, 0.25) is 0 Å². The minimum absolute atomic E-state index is 0.0959. The summed E-state index contributed by atoms with van der Waals surface area (Å²) >= 11 is 0. The Balaban J connectivity index is 1.82. The molecule has 30 heavy (non-hydrogen) atoms. The zero-order chi connectivity index (χ0) is 21.2. The number of benzene rings is 2. The van der Waals surface area contributed by atoms with Crippen molar-refractivity contribution in [1.29, 1.82) is 0 Å². The second-order valence-corrected chi connectivity index (χ2v) is 7.98. The van der Waals surface area contributed by atoms with Gasteiger partial charge < -0.3 is 9.67 Å². The fraction of sp³-hybridized carbons (Fsp3) is 0.423. The van der Waals surface area contributed by atoms with Crippen LogP contribution in [0.4, 0.5) is 0 Å². The number of aliphatic hydroxyl groups excluding tert-OH is 1. The van der Waals surface area contributed by atoms with Crippen molar-refractivity contribution in [3.63, 3.8) is 0 Å². The zero-order valence-corrected chi connectivity index (χ0v) is 18.4. The van der Waals surface area contributed by atoms with Crippen molar-refractivity contribution >= 4 is 0 Å². The number of rotatable bonds is 12. The Morgan fingerprint density at radius 3 is 2.23 bits per heavy atom. The largest absolute Gasteiger partial charge is 0.392 e. The molecule has 1 N–H and O–H groups in total. The van der Waals surface area contributed by atoms with E-state index in [1.165, 1.54) is 36.1 Å². The molecule has 0 aliphatic carbocycles. The number of hydrogen-bond acceptors (Lipinski definition) is 3. The first-order valence-corrected chi connectivity index (χ1v) is 11.3. The predicted octanol–water partition coefficient (Wildman–Crippen LogP) is 5.64. The molecule has 0 aliphatic heterocycles. The fourth-order valence-electron chi connectivity index (χ4n) is 3.75. The monoisotopic (exact) mass is 405 g/mol. The normalized spacial score (nSPS) is 11.3. The fourth-order valence-corrected chi connectivity index (χ4v) is 3.75. The lowest BCUT2D eigenvalue weighted by atomic mass is 10.1. The van der Waals surface area contributed by atoms with E-state index in [0.29, 0.717) is 0 Å². The molecule has 4 nitrogen and oxygen atoms in total. The van der Waals surface area contributed by atoms with Crippen molar-refractivity contribution in [2.24, 2.45) is 0 Å².